The summed E-state index contributed by atoms with van der Waals surface area (Å²) in [5.41, 5.74) is 3.57. The highest BCUT2D eigenvalue weighted by Crippen LogP contribution is 2.36. The van der Waals surface area contributed by atoms with E-state index in [1.807, 2.05) is 42.5 Å². The Hall–Kier alpha value is -3.94. The summed E-state index contributed by atoms with van der Waals surface area (Å²) < 4.78 is 10.7. The second kappa shape index (κ2) is 8.83. The molecular formula is C23H21N3O5. The first-order valence-electron chi connectivity index (χ1n) is 9.91. The van der Waals surface area contributed by atoms with Crippen LogP contribution in [0.15, 0.2) is 47.1 Å². The highest BCUT2D eigenvalue weighted by Gasteiger charge is 2.26. The molecule has 1 aliphatic rings. The first kappa shape index (κ1) is 20.3. The lowest BCUT2D eigenvalue weighted by Crippen LogP contribution is -2.39. The van der Waals surface area contributed by atoms with Crippen molar-refractivity contribution in [1.29, 1.82) is 0 Å². The molecule has 8 heteroatoms. The predicted molar refractivity (Wildman–Crippen MR) is 114 cm³/mol. The summed E-state index contributed by atoms with van der Waals surface area (Å²) >= 11 is 0. The lowest BCUT2D eigenvalue weighted by molar-refractivity contribution is -0.123. The summed E-state index contributed by atoms with van der Waals surface area (Å²) in [5, 5.41) is 5.00. The van der Waals surface area contributed by atoms with Crippen molar-refractivity contribution >= 4 is 40.5 Å². The number of rotatable bonds is 4. The number of fused-ring (bicyclic) bond motifs is 2. The molecule has 1 aromatic carbocycles. The van der Waals surface area contributed by atoms with E-state index in [9.17, 15) is 14.4 Å². The topological polar surface area (TPSA) is 111 Å². The number of pyridine rings is 1. The molecule has 158 valence electrons. The van der Waals surface area contributed by atoms with E-state index in [-0.39, 0.29) is 0 Å². The van der Waals surface area contributed by atoms with E-state index >= 15 is 0 Å². The molecule has 2 aromatic heterocycles. The first-order chi connectivity index (χ1) is 15.1. The van der Waals surface area contributed by atoms with Crippen LogP contribution in [-0.4, -0.2) is 36.5 Å². The Morgan fingerprint density at radius 2 is 2.00 bits per heavy atom. The third-order valence-electron chi connectivity index (χ3n) is 5.05. The Labute approximate surface area is 178 Å². The number of esters is 1. The molecule has 0 radical (unpaired) electrons. The number of nitrogens with one attached hydrogen (secondary N) is 2. The molecule has 0 bridgehead atoms. The van der Waals surface area contributed by atoms with Crippen LogP contribution in [-0.2, 0) is 16.0 Å². The molecule has 1 aliphatic carbocycles. The van der Waals surface area contributed by atoms with Gasteiger partial charge in [-0.15, -0.1) is 0 Å². The van der Waals surface area contributed by atoms with Crippen molar-refractivity contribution in [3.05, 3.63) is 65.2 Å². The number of urea groups is 1. The average Bonchev–Trinajstić information content (AvgIpc) is 3.29. The molecule has 3 aromatic rings. The quantitative estimate of drug-likeness (QED) is 0.628. The highest BCUT2D eigenvalue weighted by molar-refractivity contribution is 6.07. The van der Waals surface area contributed by atoms with Crippen molar-refractivity contribution in [2.75, 3.05) is 13.7 Å². The van der Waals surface area contributed by atoms with Crippen molar-refractivity contribution in [2.45, 2.75) is 19.3 Å². The van der Waals surface area contributed by atoms with Crippen molar-refractivity contribution in [1.82, 2.24) is 15.6 Å². The summed E-state index contributed by atoms with van der Waals surface area (Å²) in [6.45, 7) is -0.563. The highest BCUT2D eigenvalue weighted by atomic mass is 16.5. The smallest absolute Gasteiger partial charge is 0.339 e. The number of amides is 3. The van der Waals surface area contributed by atoms with Crippen LogP contribution in [0.1, 0.15) is 40.2 Å². The molecule has 2 N–H and O–H groups in total. The van der Waals surface area contributed by atoms with Crippen LogP contribution in [0.25, 0.3) is 22.6 Å². The third-order valence-corrected chi connectivity index (χ3v) is 5.05. The van der Waals surface area contributed by atoms with Crippen molar-refractivity contribution in [3.8, 4) is 0 Å². The summed E-state index contributed by atoms with van der Waals surface area (Å²) in [5.74, 6) is -0.618. The van der Waals surface area contributed by atoms with Crippen LogP contribution in [0.5, 0.6) is 0 Å². The van der Waals surface area contributed by atoms with E-state index in [2.05, 4.69) is 10.6 Å². The summed E-state index contributed by atoms with van der Waals surface area (Å²) in [7, 11) is 1.39. The van der Waals surface area contributed by atoms with Crippen molar-refractivity contribution in [2.24, 2.45) is 0 Å². The van der Waals surface area contributed by atoms with Crippen LogP contribution in [0.2, 0.25) is 0 Å². The molecule has 3 amide bonds. The van der Waals surface area contributed by atoms with Gasteiger partial charge in [-0.3, -0.25) is 10.1 Å². The van der Waals surface area contributed by atoms with Crippen LogP contribution in [0.3, 0.4) is 0 Å². The standard InChI is InChI=1S/C23H21N3O5/c1-24-23(29)26-19(27)13-31-22(28)20-16-8-2-3-10-18(16)25-21-14(6-4-9-17(20)21)12-15-7-5-11-30-15/h2-3,5,7-8,10-12H,4,6,9,13H2,1H3,(H2,24,26,27,29)/b14-12+. The number of ether oxygens (including phenoxy) is 1. The zero-order valence-corrected chi connectivity index (χ0v) is 16.9. The molecule has 4 rings (SSSR count). The second-order valence-electron chi connectivity index (χ2n) is 7.07. The van der Waals surface area contributed by atoms with Crippen molar-refractivity contribution < 1.29 is 23.5 Å². The van der Waals surface area contributed by atoms with Crippen LogP contribution >= 0.6 is 0 Å². The van der Waals surface area contributed by atoms with Gasteiger partial charge in [0.25, 0.3) is 5.91 Å². The fourth-order valence-corrected chi connectivity index (χ4v) is 3.68. The van der Waals surface area contributed by atoms with E-state index in [1.54, 1.807) is 6.26 Å². The minimum Gasteiger partial charge on any atom is -0.465 e. The van der Waals surface area contributed by atoms with Gasteiger partial charge < -0.3 is 14.5 Å². The molecule has 0 saturated heterocycles. The molecule has 31 heavy (non-hydrogen) atoms. The molecule has 0 spiro atoms. The number of hydrogen-bond donors (Lipinski definition) is 2. The summed E-state index contributed by atoms with van der Waals surface area (Å²) in [6.07, 6.45) is 5.86. The Balaban J connectivity index is 1.72. The van der Waals surface area contributed by atoms with Crippen molar-refractivity contribution in [3.63, 3.8) is 0 Å². The van der Waals surface area contributed by atoms with E-state index in [4.69, 9.17) is 14.1 Å². The van der Waals surface area contributed by atoms with Gasteiger partial charge in [0.2, 0.25) is 0 Å². The Bertz CT molecular complexity index is 1180. The van der Waals surface area contributed by atoms with Gasteiger partial charge in [-0.1, -0.05) is 18.2 Å². The van der Waals surface area contributed by atoms with Gasteiger partial charge >= 0.3 is 12.0 Å². The molecular weight excluding hydrogens is 398 g/mol. The number of furan rings is 1. The van der Waals surface area contributed by atoms with Gasteiger partial charge in [0.1, 0.15) is 5.76 Å². The number of para-hydroxylation sites is 1. The monoisotopic (exact) mass is 419 g/mol. The van der Waals surface area contributed by atoms with Crippen LogP contribution < -0.4 is 10.6 Å². The van der Waals surface area contributed by atoms with Crippen LogP contribution in [0.4, 0.5) is 4.79 Å². The molecule has 2 heterocycles. The minimum absolute atomic E-state index is 0.401. The molecule has 8 nitrogen and oxygen atoms in total. The number of aromatic nitrogens is 1. The maximum Gasteiger partial charge on any atom is 0.339 e. The van der Waals surface area contributed by atoms with Gasteiger partial charge in [0, 0.05) is 12.4 Å². The molecule has 0 saturated carbocycles. The SMILES string of the molecule is CNC(=O)NC(=O)COC(=O)c1c2c(nc3ccccc13)/C(=C/c1ccco1)CCC2. The first-order valence-corrected chi connectivity index (χ1v) is 9.91. The zero-order chi connectivity index (χ0) is 21.8. The minimum atomic E-state index is -0.710. The fourth-order valence-electron chi connectivity index (χ4n) is 3.68. The Morgan fingerprint density at radius 1 is 1.16 bits per heavy atom. The normalized spacial score (nSPS) is 14.2. The molecule has 0 unspecified atom stereocenters. The van der Waals surface area contributed by atoms with Crippen LogP contribution in [0, 0.1) is 0 Å². The number of nitrogens with zero attached hydrogens (tertiary/aromatic N) is 1. The maximum absolute atomic E-state index is 13.0. The van der Waals surface area contributed by atoms with E-state index in [0.29, 0.717) is 28.6 Å². The number of hydrogen-bond acceptors (Lipinski definition) is 6. The number of carbonyl (C=O) groups is 3. The van der Waals surface area contributed by atoms with E-state index in [1.165, 1.54) is 7.05 Å². The summed E-state index contributed by atoms with van der Waals surface area (Å²) in [4.78, 5) is 41.0. The van der Waals surface area contributed by atoms with Gasteiger partial charge in [-0.05, 0) is 54.7 Å². The molecule has 0 atom stereocenters. The number of benzene rings is 1. The zero-order valence-electron chi connectivity index (χ0n) is 16.9. The number of imide groups is 1. The van der Waals surface area contributed by atoms with E-state index in [0.717, 1.165) is 29.7 Å². The average molecular weight is 419 g/mol. The Kier molecular flexibility index (Phi) is 5.79. The molecule has 0 aliphatic heterocycles. The second-order valence-corrected chi connectivity index (χ2v) is 7.07. The van der Waals surface area contributed by atoms with E-state index < -0.39 is 24.5 Å². The van der Waals surface area contributed by atoms with Gasteiger partial charge in [-0.2, -0.15) is 0 Å². The molecule has 0 fully saturated rings. The number of allylic oxidation sites excluding steroid dienone is 1. The third kappa shape index (κ3) is 4.32. The summed E-state index contributed by atoms with van der Waals surface area (Å²) in [6, 6.07) is 10.3. The number of carbonyl (C=O) groups excluding carboxylic acids is 3. The maximum atomic E-state index is 13.0. The van der Waals surface area contributed by atoms with Gasteiger partial charge in [0.15, 0.2) is 6.61 Å². The lowest BCUT2D eigenvalue weighted by atomic mass is 9.86. The Morgan fingerprint density at radius 3 is 2.77 bits per heavy atom. The van der Waals surface area contributed by atoms with Gasteiger partial charge in [0.05, 0.1) is 23.0 Å². The largest absolute Gasteiger partial charge is 0.465 e. The van der Waals surface area contributed by atoms with Gasteiger partial charge in [-0.25, -0.2) is 14.6 Å². The fraction of sp³-hybridized carbons (Fsp3) is 0.217. The predicted octanol–water partition coefficient (Wildman–Crippen LogP) is 3.32. The lowest BCUT2D eigenvalue weighted by Gasteiger charge is -2.22.